The zero-order chi connectivity index (χ0) is 25.8. The topological polar surface area (TPSA) is 175 Å². The highest BCUT2D eigenvalue weighted by molar-refractivity contribution is 7.90. The number of carboxylic acid groups (broad SMARTS) is 1. The number of amides is 1. The van der Waals surface area contributed by atoms with Crippen LogP contribution in [0.4, 0.5) is 13.2 Å². The lowest BCUT2D eigenvalue weighted by Crippen LogP contribution is -2.48. The fourth-order valence-electron chi connectivity index (χ4n) is 2.48. The van der Waals surface area contributed by atoms with Gasteiger partial charge in [-0.25, -0.2) is 17.9 Å². The lowest BCUT2D eigenvalue weighted by molar-refractivity contribution is -0.192. The molecule has 0 aliphatic heterocycles. The first-order valence-electron chi connectivity index (χ1n) is 9.18. The second kappa shape index (κ2) is 10.4. The van der Waals surface area contributed by atoms with Crippen LogP contribution in [0.1, 0.15) is 6.92 Å². The normalized spacial score (nSPS) is 13.5. The maximum absolute atomic E-state index is 12.5. The number of carboxylic acids is 1. The van der Waals surface area contributed by atoms with Crippen molar-refractivity contribution in [1.82, 2.24) is 14.9 Å². The van der Waals surface area contributed by atoms with E-state index >= 15 is 0 Å². The molecule has 0 unspecified atom stereocenters. The van der Waals surface area contributed by atoms with Crippen molar-refractivity contribution in [2.24, 2.45) is 5.73 Å². The smallest absolute Gasteiger partial charge is 0.475 e. The Labute approximate surface area is 195 Å². The predicted molar refractivity (Wildman–Crippen MR) is 115 cm³/mol. The van der Waals surface area contributed by atoms with Crippen molar-refractivity contribution >= 4 is 44.4 Å². The molecule has 0 spiro atoms. The Bertz CT molecular complexity index is 1310. The molecular formula is C19H18ClF3N4O6S. The first kappa shape index (κ1) is 27.0. The van der Waals surface area contributed by atoms with Crippen LogP contribution in [-0.2, 0) is 19.6 Å². The molecule has 10 nitrogen and oxygen atoms in total. The lowest BCUT2D eigenvalue weighted by Gasteiger charge is -2.15. The number of benzene rings is 2. The fraction of sp³-hybridized carbons (Fsp3) is 0.211. The zero-order valence-electron chi connectivity index (χ0n) is 17.2. The van der Waals surface area contributed by atoms with Crippen LogP contribution in [0.3, 0.4) is 0 Å². The molecule has 3 aromatic rings. The highest BCUT2D eigenvalue weighted by Crippen LogP contribution is 2.28. The van der Waals surface area contributed by atoms with E-state index in [4.69, 9.17) is 27.2 Å². The van der Waals surface area contributed by atoms with Gasteiger partial charge in [-0.15, -0.1) is 0 Å². The van der Waals surface area contributed by atoms with Gasteiger partial charge >= 0.3 is 12.1 Å². The molecule has 0 saturated heterocycles. The number of hydrogen-bond acceptors (Lipinski definition) is 7. The maximum atomic E-state index is 12.5. The summed E-state index contributed by atoms with van der Waals surface area (Å²) in [6.07, 6.45) is -6.27. The van der Waals surface area contributed by atoms with Crippen molar-refractivity contribution in [1.29, 1.82) is 0 Å². The molecule has 184 valence electrons. The quantitative estimate of drug-likeness (QED) is 0.338. The molecule has 0 fully saturated rings. The van der Waals surface area contributed by atoms with Gasteiger partial charge in [-0.1, -0.05) is 29.8 Å². The largest absolute Gasteiger partial charge is 0.490 e. The minimum atomic E-state index is -5.08. The van der Waals surface area contributed by atoms with E-state index < -0.39 is 40.2 Å². The molecule has 34 heavy (non-hydrogen) atoms. The SMILES string of the molecule is C[C@@H](O)[C@H](N)C(=O)NS(=O)(=O)c1cccc(-c2ccc3n[nH]c(Cl)c3c2)c1.O=C(O)C(F)(F)F. The van der Waals surface area contributed by atoms with Crippen LogP contribution >= 0.6 is 11.6 Å². The number of rotatable bonds is 5. The number of halogens is 4. The number of nitrogens with two attached hydrogens (primary N) is 1. The fourth-order valence-corrected chi connectivity index (χ4v) is 3.73. The Morgan fingerprint density at radius 2 is 1.76 bits per heavy atom. The number of aromatic nitrogens is 2. The molecule has 0 aliphatic rings. The average molecular weight is 523 g/mol. The minimum absolute atomic E-state index is 0.107. The van der Waals surface area contributed by atoms with Crippen molar-refractivity contribution in [2.75, 3.05) is 0 Å². The number of nitrogens with zero attached hydrogens (tertiary/aromatic N) is 1. The molecule has 3 rings (SSSR count). The number of alkyl halides is 3. The Morgan fingerprint density at radius 1 is 1.18 bits per heavy atom. The van der Waals surface area contributed by atoms with Crippen molar-refractivity contribution in [2.45, 2.75) is 30.1 Å². The molecule has 1 aromatic heterocycles. The van der Waals surface area contributed by atoms with Gasteiger partial charge in [0.05, 0.1) is 16.5 Å². The Balaban J connectivity index is 0.000000509. The number of sulfonamides is 1. The standard InChI is InChI=1S/C17H17ClN4O4S.C2HF3O2/c1-9(23)15(19)17(24)22-27(25,26)12-4-2-3-10(7-12)11-5-6-14-13(8-11)16(18)21-20-14;3-2(4,5)1(6)7/h2-9,15,23H,19H2,1H3,(H,20,21)(H,22,24);(H,6,7)/t9-,15+;/m1./s1. The second-order valence-corrected chi connectivity index (χ2v) is 8.90. The molecule has 15 heteroatoms. The van der Waals surface area contributed by atoms with Gasteiger partial charge in [0, 0.05) is 5.39 Å². The highest BCUT2D eigenvalue weighted by Gasteiger charge is 2.38. The van der Waals surface area contributed by atoms with E-state index in [1.807, 2.05) is 4.72 Å². The number of carbonyl (C=O) groups excluding carboxylic acids is 1. The van der Waals surface area contributed by atoms with E-state index in [-0.39, 0.29) is 4.90 Å². The number of aromatic amines is 1. The van der Waals surface area contributed by atoms with Gasteiger partial charge in [-0.3, -0.25) is 9.89 Å². The summed E-state index contributed by atoms with van der Waals surface area (Å²) in [5, 5.41) is 24.3. The van der Waals surface area contributed by atoms with Crippen LogP contribution in [0, 0.1) is 0 Å². The van der Waals surface area contributed by atoms with Crippen LogP contribution in [0.2, 0.25) is 5.15 Å². The van der Waals surface area contributed by atoms with Crippen molar-refractivity contribution < 1.29 is 41.4 Å². The summed E-state index contributed by atoms with van der Waals surface area (Å²) >= 11 is 6.05. The van der Waals surface area contributed by atoms with Crippen molar-refractivity contribution in [3.05, 3.63) is 47.6 Å². The lowest BCUT2D eigenvalue weighted by atomic mass is 10.0. The van der Waals surface area contributed by atoms with Gasteiger partial charge in [0.2, 0.25) is 0 Å². The summed E-state index contributed by atoms with van der Waals surface area (Å²) in [7, 11) is -4.14. The third kappa shape index (κ3) is 6.66. The number of aliphatic carboxylic acids is 1. The Kier molecular flexibility index (Phi) is 8.26. The Morgan fingerprint density at radius 3 is 2.32 bits per heavy atom. The van der Waals surface area contributed by atoms with Crippen LogP contribution < -0.4 is 10.5 Å². The molecule has 2 atom stereocenters. The summed E-state index contributed by atoms with van der Waals surface area (Å²) in [5.41, 5.74) is 7.51. The summed E-state index contributed by atoms with van der Waals surface area (Å²) < 4.78 is 58.6. The number of H-pyrrole nitrogens is 1. The molecule has 0 aliphatic carbocycles. The molecule has 0 saturated carbocycles. The highest BCUT2D eigenvalue weighted by atomic mass is 35.5. The molecular weight excluding hydrogens is 505 g/mol. The van der Waals surface area contributed by atoms with Crippen molar-refractivity contribution in [3.63, 3.8) is 0 Å². The van der Waals surface area contributed by atoms with Crippen LogP contribution in [-0.4, -0.2) is 59.0 Å². The summed E-state index contributed by atoms with van der Waals surface area (Å²) in [6, 6.07) is 10.1. The second-order valence-electron chi connectivity index (χ2n) is 6.84. The molecule has 0 radical (unpaired) electrons. The summed E-state index contributed by atoms with van der Waals surface area (Å²) in [6.45, 7) is 1.30. The van der Waals surface area contributed by atoms with E-state index in [2.05, 4.69) is 10.2 Å². The number of aliphatic hydroxyl groups is 1. The van der Waals surface area contributed by atoms with Gasteiger partial charge in [0.25, 0.3) is 15.9 Å². The first-order valence-corrected chi connectivity index (χ1v) is 11.0. The molecule has 2 aromatic carbocycles. The van der Waals surface area contributed by atoms with E-state index in [1.54, 1.807) is 30.3 Å². The monoisotopic (exact) mass is 522 g/mol. The first-order chi connectivity index (χ1) is 15.6. The number of fused-ring (bicyclic) bond motifs is 1. The van der Waals surface area contributed by atoms with E-state index in [0.29, 0.717) is 21.6 Å². The molecule has 0 bridgehead atoms. The van der Waals surface area contributed by atoms with Gasteiger partial charge in [-0.2, -0.15) is 18.3 Å². The van der Waals surface area contributed by atoms with Gasteiger partial charge in [0.1, 0.15) is 11.2 Å². The molecule has 6 N–H and O–H groups in total. The van der Waals surface area contributed by atoms with Gasteiger partial charge in [0.15, 0.2) is 0 Å². The number of aliphatic hydroxyl groups excluding tert-OH is 1. The van der Waals surface area contributed by atoms with E-state index in [0.717, 1.165) is 5.56 Å². The third-order valence-corrected chi connectivity index (χ3v) is 5.92. The maximum Gasteiger partial charge on any atom is 0.490 e. The van der Waals surface area contributed by atoms with E-state index in [1.165, 1.54) is 19.1 Å². The number of nitrogens with one attached hydrogen (secondary N) is 2. The number of carbonyl (C=O) groups is 2. The van der Waals surface area contributed by atoms with E-state index in [9.17, 15) is 31.5 Å². The zero-order valence-corrected chi connectivity index (χ0v) is 18.7. The summed E-state index contributed by atoms with van der Waals surface area (Å²) in [5.74, 6) is -3.74. The van der Waals surface area contributed by atoms with Crippen LogP contribution in [0.25, 0.3) is 22.0 Å². The predicted octanol–water partition coefficient (Wildman–Crippen LogP) is 2.03. The van der Waals surface area contributed by atoms with Gasteiger partial charge in [-0.05, 0) is 42.3 Å². The van der Waals surface area contributed by atoms with Gasteiger partial charge < -0.3 is 15.9 Å². The third-order valence-electron chi connectivity index (χ3n) is 4.29. The molecule has 1 amide bonds. The average Bonchev–Trinajstić information content (AvgIpc) is 3.12. The minimum Gasteiger partial charge on any atom is -0.475 e. The number of hydrogen-bond donors (Lipinski definition) is 5. The van der Waals surface area contributed by atoms with Crippen molar-refractivity contribution in [3.8, 4) is 11.1 Å². The summed E-state index contributed by atoms with van der Waals surface area (Å²) in [4.78, 5) is 20.7. The van der Waals surface area contributed by atoms with Crippen LogP contribution in [0.15, 0.2) is 47.4 Å². The molecule has 1 heterocycles. The Hall–Kier alpha value is -3.20. The van der Waals surface area contributed by atoms with Crippen LogP contribution in [0.5, 0.6) is 0 Å².